The number of nitrogens with zero attached hydrogens (tertiary/aromatic N) is 2. The topological polar surface area (TPSA) is 34.9 Å². The number of hydrogen-bond donors (Lipinski definition) is 0. The highest BCUT2D eigenvalue weighted by atomic mass is 19.1. The smallest absolute Gasteiger partial charge is 0.155 e. The lowest BCUT2D eigenvalue weighted by molar-refractivity contribution is 0.111. The van der Waals surface area contributed by atoms with Crippen molar-refractivity contribution in [1.82, 2.24) is 9.78 Å². The Labute approximate surface area is 75.5 Å². The van der Waals surface area contributed by atoms with Crippen molar-refractivity contribution in [2.75, 3.05) is 0 Å². The maximum absolute atomic E-state index is 13.6. The van der Waals surface area contributed by atoms with Crippen LogP contribution in [0.1, 0.15) is 34.6 Å². The molecule has 0 aliphatic heterocycles. The summed E-state index contributed by atoms with van der Waals surface area (Å²) >= 11 is 0. The number of rotatable bonds is 2. The molecule has 1 aliphatic rings. The summed E-state index contributed by atoms with van der Waals surface area (Å²) in [6.07, 6.45) is 1.67. The number of aldehydes is 1. The van der Waals surface area contributed by atoms with E-state index in [1.54, 1.807) is 18.7 Å². The van der Waals surface area contributed by atoms with Gasteiger partial charge >= 0.3 is 0 Å². The zero-order valence-electron chi connectivity index (χ0n) is 7.67. The molecule has 1 aliphatic carbocycles. The lowest BCUT2D eigenvalue weighted by atomic mass is 10.1. The summed E-state index contributed by atoms with van der Waals surface area (Å²) in [5.41, 5.74) is 0.154. The van der Waals surface area contributed by atoms with E-state index in [4.69, 9.17) is 0 Å². The molecule has 1 aromatic rings. The largest absolute Gasteiger partial charge is 0.298 e. The van der Waals surface area contributed by atoms with Crippen molar-refractivity contribution < 1.29 is 9.18 Å². The number of alkyl halides is 1. The molecule has 0 amide bonds. The number of carbonyl (C=O) groups excluding carboxylic acids is 1. The molecule has 0 saturated heterocycles. The molecule has 1 saturated carbocycles. The van der Waals surface area contributed by atoms with E-state index in [1.807, 2.05) is 0 Å². The summed E-state index contributed by atoms with van der Waals surface area (Å²) < 4.78 is 15.2. The van der Waals surface area contributed by atoms with Crippen LogP contribution in [-0.4, -0.2) is 16.1 Å². The normalized spacial score (nSPS) is 18.7. The molecule has 1 heterocycles. The minimum atomic E-state index is -1.32. The molecule has 2 rings (SSSR count). The molecule has 0 N–H and O–H groups in total. The molecule has 0 atom stereocenters. The number of halogens is 1. The van der Waals surface area contributed by atoms with Crippen LogP contribution in [0.3, 0.4) is 0 Å². The average Bonchev–Trinajstić information content (AvgIpc) is 2.76. The van der Waals surface area contributed by atoms with Gasteiger partial charge in [-0.2, -0.15) is 5.10 Å². The Kier molecular flexibility index (Phi) is 1.55. The summed E-state index contributed by atoms with van der Waals surface area (Å²) in [4.78, 5) is 10.7. The average molecular weight is 182 g/mol. The van der Waals surface area contributed by atoms with E-state index in [1.165, 1.54) is 0 Å². The van der Waals surface area contributed by atoms with Crippen LogP contribution >= 0.6 is 0 Å². The van der Waals surface area contributed by atoms with E-state index >= 15 is 0 Å². The second-order valence-electron chi connectivity index (χ2n) is 3.55. The quantitative estimate of drug-likeness (QED) is 0.649. The SMILES string of the molecule is Cc1c(C=O)c(C2(F)CC2)nn1C. The van der Waals surface area contributed by atoms with Crippen LogP contribution < -0.4 is 0 Å². The first-order chi connectivity index (χ1) is 6.08. The summed E-state index contributed by atoms with van der Waals surface area (Å²) in [5.74, 6) is 0. The maximum atomic E-state index is 13.6. The number of hydrogen-bond acceptors (Lipinski definition) is 2. The van der Waals surface area contributed by atoms with E-state index in [-0.39, 0.29) is 0 Å². The Balaban J connectivity index is 2.57. The van der Waals surface area contributed by atoms with Gasteiger partial charge in [0.1, 0.15) is 5.69 Å². The summed E-state index contributed by atoms with van der Waals surface area (Å²) in [6.45, 7) is 1.77. The second-order valence-corrected chi connectivity index (χ2v) is 3.55. The van der Waals surface area contributed by atoms with E-state index in [0.717, 1.165) is 5.69 Å². The van der Waals surface area contributed by atoms with Crippen molar-refractivity contribution >= 4 is 6.29 Å². The Bertz CT molecular complexity index is 366. The van der Waals surface area contributed by atoms with Gasteiger partial charge < -0.3 is 0 Å². The predicted molar refractivity (Wildman–Crippen MR) is 45.4 cm³/mol. The van der Waals surface area contributed by atoms with Gasteiger partial charge in [0.05, 0.1) is 5.56 Å². The minimum absolute atomic E-state index is 0.322. The molecule has 4 heteroatoms. The summed E-state index contributed by atoms with van der Waals surface area (Å²) in [7, 11) is 1.72. The Morgan fingerprint density at radius 2 is 2.23 bits per heavy atom. The van der Waals surface area contributed by atoms with E-state index in [2.05, 4.69) is 5.10 Å². The van der Waals surface area contributed by atoms with Crippen LogP contribution in [0.25, 0.3) is 0 Å². The van der Waals surface area contributed by atoms with Gasteiger partial charge in [-0.3, -0.25) is 9.48 Å². The molecule has 13 heavy (non-hydrogen) atoms. The van der Waals surface area contributed by atoms with Gasteiger partial charge in [-0.05, 0) is 19.8 Å². The molecule has 70 valence electrons. The first-order valence-electron chi connectivity index (χ1n) is 4.26. The standard InChI is InChI=1S/C9H11FN2O/c1-6-7(5-13)8(11-12(6)2)9(10)3-4-9/h5H,3-4H2,1-2H3. The predicted octanol–water partition coefficient (Wildman–Crippen LogP) is 1.50. The van der Waals surface area contributed by atoms with Gasteiger partial charge in [0.25, 0.3) is 0 Å². The molecular formula is C9H11FN2O. The van der Waals surface area contributed by atoms with Crippen LogP contribution in [-0.2, 0) is 12.7 Å². The van der Waals surface area contributed by atoms with Crippen LogP contribution in [0.15, 0.2) is 0 Å². The first-order valence-corrected chi connectivity index (χ1v) is 4.26. The molecule has 0 bridgehead atoms. The highest BCUT2D eigenvalue weighted by molar-refractivity contribution is 5.79. The Morgan fingerprint density at radius 3 is 2.69 bits per heavy atom. The number of aromatic nitrogens is 2. The van der Waals surface area contributed by atoms with Crippen LogP contribution in [0, 0.1) is 6.92 Å². The third-order valence-corrected chi connectivity index (χ3v) is 2.61. The van der Waals surface area contributed by atoms with E-state index in [0.29, 0.717) is 30.4 Å². The molecule has 3 nitrogen and oxygen atoms in total. The van der Waals surface area contributed by atoms with Gasteiger partial charge in [-0.15, -0.1) is 0 Å². The lowest BCUT2D eigenvalue weighted by Gasteiger charge is -1.99. The van der Waals surface area contributed by atoms with Crippen molar-refractivity contribution in [3.05, 3.63) is 17.0 Å². The maximum Gasteiger partial charge on any atom is 0.155 e. The van der Waals surface area contributed by atoms with Gasteiger partial charge in [0.15, 0.2) is 12.0 Å². The van der Waals surface area contributed by atoms with Gasteiger partial charge in [-0.1, -0.05) is 0 Å². The van der Waals surface area contributed by atoms with Crippen LogP contribution in [0.2, 0.25) is 0 Å². The van der Waals surface area contributed by atoms with Crippen molar-refractivity contribution in [2.24, 2.45) is 7.05 Å². The number of aryl methyl sites for hydroxylation is 1. The van der Waals surface area contributed by atoms with Gasteiger partial charge in [-0.25, -0.2) is 4.39 Å². The molecule has 1 aromatic heterocycles. The zero-order chi connectivity index (χ0) is 9.64. The third kappa shape index (κ3) is 1.08. The molecular weight excluding hydrogens is 171 g/mol. The Hall–Kier alpha value is -1.19. The van der Waals surface area contributed by atoms with E-state index in [9.17, 15) is 9.18 Å². The number of carbonyl (C=O) groups is 1. The Morgan fingerprint density at radius 1 is 1.62 bits per heavy atom. The molecule has 0 unspecified atom stereocenters. The van der Waals surface area contributed by atoms with E-state index < -0.39 is 5.67 Å². The first kappa shape index (κ1) is 8.41. The fourth-order valence-electron chi connectivity index (χ4n) is 1.44. The minimum Gasteiger partial charge on any atom is -0.298 e. The van der Waals surface area contributed by atoms with Crippen LogP contribution in [0.4, 0.5) is 4.39 Å². The molecule has 0 aromatic carbocycles. The van der Waals surface area contributed by atoms with Crippen LogP contribution in [0.5, 0.6) is 0 Å². The van der Waals surface area contributed by atoms with Crippen molar-refractivity contribution in [2.45, 2.75) is 25.4 Å². The lowest BCUT2D eigenvalue weighted by Crippen LogP contribution is -2.02. The van der Waals surface area contributed by atoms with Crippen molar-refractivity contribution in [3.63, 3.8) is 0 Å². The third-order valence-electron chi connectivity index (χ3n) is 2.61. The molecule has 1 fully saturated rings. The van der Waals surface area contributed by atoms with Gasteiger partial charge in [0.2, 0.25) is 0 Å². The fraction of sp³-hybridized carbons (Fsp3) is 0.556. The summed E-state index contributed by atoms with van der Waals surface area (Å²) in [5, 5.41) is 4.03. The second kappa shape index (κ2) is 2.40. The fourth-order valence-corrected chi connectivity index (χ4v) is 1.44. The monoisotopic (exact) mass is 182 g/mol. The van der Waals surface area contributed by atoms with Crippen molar-refractivity contribution in [3.8, 4) is 0 Å². The van der Waals surface area contributed by atoms with Gasteiger partial charge in [0, 0.05) is 12.7 Å². The zero-order valence-corrected chi connectivity index (χ0v) is 7.67. The van der Waals surface area contributed by atoms with Crippen molar-refractivity contribution in [1.29, 1.82) is 0 Å². The highest BCUT2D eigenvalue weighted by Crippen LogP contribution is 2.50. The highest BCUT2D eigenvalue weighted by Gasteiger charge is 2.49. The molecule has 0 radical (unpaired) electrons. The summed E-state index contributed by atoms with van der Waals surface area (Å²) in [6, 6.07) is 0. The molecule has 0 spiro atoms.